The Labute approximate surface area is 323 Å². The van der Waals surface area contributed by atoms with Gasteiger partial charge >= 0.3 is 0 Å². The highest BCUT2D eigenvalue weighted by molar-refractivity contribution is 7.07. The van der Waals surface area contributed by atoms with E-state index in [0.717, 1.165) is 17.8 Å². The van der Waals surface area contributed by atoms with E-state index in [-0.39, 0.29) is 42.4 Å². The van der Waals surface area contributed by atoms with Crippen LogP contribution in [0.5, 0.6) is 0 Å². The number of hydrogen-bond donors (Lipinski definition) is 4. The van der Waals surface area contributed by atoms with E-state index in [0.29, 0.717) is 53.0 Å². The number of amides is 2. The fraction of sp³-hybridized carbons (Fsp3) is 0.585. The number of fused-ring (bicyclic) bond motifs is 2. The number of halogens is 1. The average Bonchev–Trinajstić information content (AvgIpc) is 3.77. The van der Waals surface area contributed by atoms with Crippen LogP contribution in [0, 0.1) is 34.9 Å². The number of hydroxylamine groups is 2. The molecule has 54 heavy (non-hydrogen) atoms. The lowest BCUT2D eigenvalue weighted by molar-refractivity contribution is -0.176. The maximum atomic E-state index is 16.8. The number of nitrogens with two attached hydrogens (primary N) is 1. The molecule has 0 radical (unpaired) electrons. The van der Waals surface area contributed by atoms with Crippen molar-refractivity contribution >= 4 is 28.8 Å². The predicted molar refractivity (Wildman–Crippen MR) is 211 cm³/mol. The van der Waals surface area contributed by atoms with Crippen LogP contribution >= 0.6 is 11.3 Å². The molecule has 1 aliphatic heterocycles. The van der Waals surface area contributed by atoms with E-state index in [4.69, 9.17) is 10.6 Å². The van der Waals surface area contributed by atoms with Crippen LogP contribution in [0.2, 0.25) is 0 Å². The fourth-order valence-electron chi connectivity index (χ4n) is 9.24. The summed E-state index contributed by atoms with van der Waals surface area (Å²) in [7, 11) is 7.68. The Hall–Kier alpha value is -3.46. The van der Waals surface area contributed by atoms with Gasteiger partial charge in [-0.15, -0.1) is 11.3 Å². The number of anilines is 1. The number of nitrogens with zero attached hydrogens (tertiary/aromatic N) is 4. The molecule has 2 bridgehead atoms. The zero-order chi connectivity index (χ0) is 39.1. The highest BCUT2D eigenvalue weighted by atomic mass is 32.1. The van der Waals surface area contributed by atoms with Gasteiger partial charge in [-0.05, 0) is 80.8 Å². The number of hydrogen-bond acceptors (Lipinski definition) is 10. The smallest absolute Gasteiger partial charge is 0.251 e. The monoisotopic (exact) mass is 763 g/mol. The van der Waals surface area contributed by atoms with Gasteiger partial charge in [-0.1, -0.05) is 39.0 Å². The summed E-state index contributed by atoms with van der Waals surface area (Å²) >= 11 is 1.52. The molecule has 1 aromatic heterocycles. The second-order valence-corrected chi connectivity index (χ2v) is 17.6. The number of carbonyl (C=O) groups excluding carboxylic acids is 2. The Bertz CT molecular complexity index is 1790. The summed E-state index contributed by atoms with van der Waals surface area (Å²) in [6.45, 7) is 9.19. The minimum absolute atomic E-state index is 0.0172. The number of thiazole rings is 1. The molecule has 0 spiro atoms. The van der Waals surface area contributed by atoms with E-state index in [1.54, 1.807) is 42.8 Å². The van der Waals surface area contributed by atoms with Crippen molar-refractivity contribution in [3.8, 4) is 11.1 Å². The van der Waals surface area contributed by atoms with E-state index in [1.807, 2.05) is 49.4 Å². The number of rotatable bonds is 14. The fourth-order valence-corrected chi connectivity index (χ4v) is 9.81. The van der Waals surface area contributed by atoms with Crippen molar-refractivity contribution in [1.29, 1.82) is 0 Å². The predicted octanol–water partition coefficient (Wildman–Crippen LogP) is 4.54. The van der Waals surface area contributed by atoms with Crippen molar-refractivity contribution < 1.29 is 23.9 Å². The maximum Gasteiger partial charge on any atom is 0.251 e. The van der Waals surface area contributed by atoms with E-state index in [2.05, 4.69) is 36.4 Å². The number of aliphatic hydroxyl groups is 1. The number of nitrogens with one attached hydrogen (secondary N) is 2. The van der Waals surface area contributed by atoms with Crippen molar-refractivity contribution in [3.63, 3.8) is 0 Å². The van der Waals surface area contributed by atoms with E-state index in [9.17, 15) is 14.7 Å². The van der Waals surface area contributed by atoms with Crippen LogP contribution < -0.4 is 21.3 Å². The molecule has 294 valence electrons. The zero-order valence-electron chi connectivity index (χ0n) is 32.9. The van der Waals surface area contributed by atoms with Gasteiger partial charge in [0.05, 0.1) is 30.0 Å². The van der Waals surface area contributed by atoms with Gasteiger partial charge in [0, 0.05) is 79.4 Å². The van der Waals surface area contributed by atoms with Crippen molar-refractivity contribution in [2.75, 3.05) is 46.2 Å². The van der Waals surface area contributed by atoms with E-state index < -0.39 is 30.0 Å². The Morgan fingerprint density at radius 3 is 2.56 bits per heavy atom. The quantitative estimate of drug-likeness (QED) is 0.187. The van der Waals surface area contributed by atoms with Crippen molar-refractivity contribution in [2.45, 2.75) is 83.8 Å². The summed E-state index contributed by atoms with van der Waals surface area (Å²) in [4.78, 5) is 42.6. The summed E-state index contributed by atoms with van der Waals surface area (Å²) in [5, 5.41) is 20.9. The molecule has 3 aromatic rings. The van der Waals surface area contributed by atoms with Gasteiger partial charge in [-0.3, -0.25) is 14.4 Å². The SMILES string of the molecule is C[C@@H]1[C@@H](NC(=O)[C@@H]2[C@H]([C@H](C)O)[C@H](CN)ON2Cc2cccc(-c3cc(C(=O)N[C@@H](Cc4cscn4)CN(C)C)cc(N(C)C)c3)c2F)C[C@@H]2C[C@H]1C2(C)C. The first kappa shape index (κ1) is 40.2. The van der Waals surface area contributed by atoms with Gasteiger partial charge in [0.2, 0.25) is 5.91 Å². The molecule has 3 saturated carbocycles. The highest BCUT2D eigenvalue weighted by Crippen LogP contribution is 2.61. The molecule has 2 amide bonds. The van der Waals surface area contributed by atoms with E-state index in [1.165, 1.54) is 22.8 Å². The van der Waals surface area contributed by atoms with Gasteiger partial charge in [-0.25, -0.2) is 9.37 Å². The normalized spacial score (nSPS) is 27.3. The van der Waals surface area contributed by atoms with Crippen molar-refractivity contribution in [1.82, 2.24) is 25.6 Å². The molecular formula is C41H58FN7O4S. The number of benzene rings is 2. The first-order chi connectivity index (χ1) is 25.6. The molecule has 1 saturated heterocycles. The first-order valence-corrected chi connectivity index (χ1v) is 20.1. The lowest BCUT2D eigenvalue weighted by Gasteiger charge is -2.62. The topological polar surface area (TPSA) is 136 Å². The first-order valence-electron chi connectivity index (χ1n) is 19.1. The Balaban J connectivity index is 1.26. The third kappa shape index (κ3) is 8.22. The standard InChI is InChI=1S/C41H58FN7O4S/c1-23-33-15-28(41(33,3)4)16-34(23)46-40(52)38-36(24(2)50)35(18-43)53-49(38)19-25-10-9-11-32(37(25)42)26-12-27(14-31(13-26)48(7)8)39(51)45-29(20-47(5)6)17-30-21-54-22-44-30/h9-14,21-24,28-29,33-36,38,50H,15-20,43H2,1-8H3,(H,45,51)(H,46,52)/t23-,24-,28-,29-,33+,34-,35-,36+,38-/m0/s1. The minimum Gasteiger partial charge on any atom is -0.393 e. The highest BCUT2D eigenvalue weighted by Gasteiger charge is 2.57. The molecule has 3 aliphatic carbocycles. The third-order valence-electron chi connectivity index (χ3n) is 12.4. The summed E-state index contributed by atoms with van der Waals surface area (Å²) < 4.78 is 16.8. The van der Waals surface area contributed by atoms with Crippen LogP contribution in [0.4, 0.5) is 10.1 Å². The molecule has 13 heteroatoms. The molecule has 2 heterocycles. The molecule has 0 unspecified atom stereocenters. The van der Waals surface area contributed by atoms with Crippen LogP contribution in [-0.2, 0) is 22.6 Å². The minimum atomic E-state index is -0.885. The lowest BCUT2D eigenvalue weighted by atomic mass is 9.45. The average molecular weight is 764 g/mol. The molecule has 4 aliphatic rings. The lowest BCUT2D eigenvalue weighted by Crippen LogP contribution is -2.62. The molecule has 5 N–H and O–H groups in total. The molecule has 2 aromatic carbocycles. The molecule has 4 fully saturated rings. The van der Waals surface area contributed by atoms with Crippen LogP contribution in [0.1, 0.15) is 62.2 Å². The van der Waals surface area contributed by atoms with Crippen molar-refractivity contribution in [2.24, 2.45) is 34.8 Å². The van der Waals surface area contributed by atoms with Crippen LogP contribution in [-0.4, -0.2) is 103 Å². The molecule has 11 nitrogen and oxygen atoms in total. The Morgan fingerprint density at radius 1 is 1.19 bits per heavy atom. The maximum absolute atomic E-state index is 16.8. The van der Waals surface area contributed by atoms with Gasteiger partial charge in [0.25, 0.3) is 5.91 Å². The van der Waals surface area contributed by atoms with Gasteiger partial charge in [0.15, 0.2) is 0 Å². The summed E-state index contributed by atoms with van der Waals surface area (Å²) in [6, 6.07) is 9.48. The van der Waals surface area contributed by atoms with E-state index >= 15 is 4.39 Å². The van der Waals surface area contributed by atoms with Gasteiger partial charge in [-0.2, -0.15) is 5.06 Å². The summed E-state index contributed by atoms with van der Waals surface area (Å²) in [5.41, 5.74) is 11.4. The molecule has 7 rings (SSSR count). The number of likely N-dealkylation sites (N-methyl/N-ethyl adjacent to an activating group) is 1. The summed E-state index contributed by atoms with van der Waals surface area (Å²) in [6.07, 6.45) is 1.18. The van der Waals surface area contributed by atoms with Crippen LogP contribution in [0.15, 0.2) is 47.3 Å². The second kappa shape index (κ2) is 16.3. The van der Waals surface area contributed by atoms with Gasteiger partial charge < -0.3 is 31.3 Å². The number of carbonyl (C=O) groups is 2. The zero-order valence-corrected chi connectivity index (χ0v) is 33.7. The van der Waals surface area contributed by atoms with Gasteiger partial charge in [0.1, 0.15) is 11.9 Å². The van der Waals surface area contributed by atoms with Crippen molar-refractivity contribution in [3.05, 3.63) is 69.9 Å². The Kier molecular flexibility index (Phi) is 12.2. The number of aliphatic hydroxyl groups excluding tert-OH is 1. The molecule has 9 atom stereocenters. The van der Waals surface area contributed by atoms with Crippen LogP contribution in [0.3, 0.4) is 0 Å². The number of aromatic nitrogens is 1. The Morgan fingerprint density at radius 2 is 1.94 bits per heavy atom. The summed E-state index contributed by atoms with van der Waals surface area (Å²) in [5.74, 6) is -0.166. The second-order valence-electron chi connectivity index (χ2n) is 16.8. The largest absolute Gasteiger partial charge is 0.393 e. The molecular weight excluding hydrogens is 706 g/mol. The third-order valence-corrected chi connectivity index (χ3v) is 13.0. The van der Waals surface area contributed by atoms with Crippen LogP contribution in [0.25, 0.3) is 11.1 Å².